The summed E-state index contributed by atoms with van der Waals surface area (Å²) in [7, 11) is 0. The number of carbonyl (C=O) groups is 1. The zero-order chi connectivity index (χ0) is 18.6. The van der Waals surface area contributed by atoms with Crippen molar-refractivity contribution >= 4 is 34.0 Å². The van der Waals surface area contributed by atoms with Gasteiger partial charge in [-0.15, -0.1) is 11.3 Å². The van der Waals surface area contributed by atoms with Crippen LogP contribution in [0.15, 0.2) is 54.0 Å². The number of aromatic nitrogens is 2. The van der Waals surface area contributed by atoms with Crippen LogP contribution in [0.1, 0.15) is 40.6 Å². The second kappa shape index (κ2) is 8.17. The van der Waals surface area contributed by atoms with Gasteiger partial charge in [0.25, 0.3) is 5.91 Å². The molecule has 4 rings (SSSR count). The van der Waals surface area contributed by atoms with Crippen molar-refractivity contribution in [3.63, 3.8) is 0 Å². The number of thiazole rings is 1. The summed E-state index contributed by atoms with van der Waals surface area (Å²) in [6, 6.07) is 13.2. The molecule has 138 valence electrons. The van der Waals surface area contributed by atoms with Crippen molar-refractivity contribution in [3.05, 3.63) is 76.0 Å². The zero-order valence-electron chi connectivity index (χ0n) is 14.6. The Morgan fingerprint density at radius 3 is 3.04 bits per heavy atom. The molecule has 0 saturated carbocycles. The molecular weight excluding hydrogens is 380 g/mol. The molecular formula is C20H19ClN4OS. The Bertz CT molecular complexity index is 930. The molecule has 1 aromatic carbocycles. The topological polar surface area (TPSA) is 58.1 Å². The van der Waals surface area contributed by atoms with Crippen molar-refractivity contribution in [1.29, 1.82) is 0 Å². The van der Waals surface area contributed by atoms with Crippen LogP contribution < -0.4 is 5.32 Å². The van der Waals surface area contributed by atoms with E-state index in [1.54, 1.807) is 24.3 Å². The number of benzene rings is 1. The van der Waals surface area contributed by atoms with E-state index >= 15 is 0 Å². The van der Waals surface area contributed by atoms with E-state index < -0.39 is 0 Å². The predicted molar refractivity (Wildman–Crippen MR) is 108 cm³/mol. The number of hydrogen-bond donors (Lipinski definition) is 1. The average molecular weight is 399 g/mol. The number of carbonyl (C=O) groups excluding carboxylic acids is 1. The number of amides is 1. The van der Waals surface area contributed by atoms with Crippen molar-refractivity contribution in [2.24, 2.45) is 0 Å². The van der Waals surface area contributed by atoms with Gasteiger partial charge in [0.15, 0.2) is 5.13 Å². The van der Waals surface area contributed by atoms with Gasteiger partial charge in [-0.1, -0.05) is 23.7 Å². The smallest absolute Gasteiger partial charge is 0.257 e. The molecule has 1 aliphatic heterocycles. The van der Waals surface area contributed by atoms with Crippen LogP contribution in [-0.2, 0) is 6.54 Å². The molecule has 1 N–H and O–H groups in total. The fraction of sp³-hybridized carbons (Fsp3) is 0.250. The molecule has 5 nitrogen and oxygen atoms in total. The quantitative estimate of drug-likeness (QED) is 0.671. The van der Waals surface area contributed by atoms with Crippen LogP contribution in [0.5, 0.6) is 0 Å². The van der Waals surface area contributed by atoms with E-state index in [0.29, 0.717) is 15.7 Å². The lowest BCUT2D eigenvalue weighted by Gasteiger charge is -2.22. The second-order valence-corrected chi connectivity index (χ2v) is 7.79. The van der Waals surface area contributed by atoms with Gasteiger partial charge in [0.05, 0.1) is 17.4 Å². The first kappa shape index (κ1) is 18.1. The lowest BCUT2D eigenvalue weighted by atomic mass is 10.1. The summed E-state index contributed by atoms with van der Waals surface area (Å²) in [6.45, 7) is 1.84. The highest BCUT2D eigenvalue weighted by Crippen LogP contribution is 2.34. The Balaban J connectivity index is 1.44. The van der Waals surface area contributed by atoms with E-state index in [1.165, 1.54) is 11.3 Å². The molecule has 27 heavy (non-hydrogen) atoms. The van der Waals surface area contributed by atoms with Gasteiger partial charge in [-0.25, -0.2) is 4.98 Å². The minimum absolute atomic E-state index is 0.199. The Labute approximate surface area is 167 Å². The van der Waals surface area contributed by atoms with Crippen LogP contribution in [0, 0.1) is 0 Å². The van der Waals surface area contributed by atoms with Gasteiger partial charge in [-0.05, 0) is 49.7 Å². The van der Waals surface area contributed by atoms with Crippen LogP contribution in [0.4, 0.5) is 5.13 Å². The minimum Gasteiger partial charge on any atom is -0.298 e. The van der Waals surface area contributed by atoms with Gasteiger partial charge in [0.1, 0.15) is 0 Å². The minimum atomic E-state index is -0.199. The molecule has 0 bridgehead atoms. The first-order chi connectivity index (χ1) is 13.2. The van der Waals surface area contributed by atoms with Crippen LogP contribution >= 0.6 is 22.9 Å². The highest BCUT2D eigenvalue weighted by Gasteiger charge is 2.28. The lowest BCUT2D eigenvalue weighted by Crippen LogP contribution is -2.23. The average Bonchev–Trinajstić information content (AvgIpc) is 3.32. The Morgan fingerprint density at radius 1 is 1.30 bits per heavy atom. The van der Waals surface area contributed by atoms with Gasteiger partial charge in [-0.2, -0.15) is 0 Å². The number of hydrogen-bond acceptors (Lipinski definition) is 5. The number of anilines is 1. The van der Waals surface area contributed by atoms with Crippen LogP contribution in [0.3, 0.4) is 0 Å². The fourth-order valence-corrected chi connectivity index (χ4v) is 4.29. The first-order valence-electron chi connectivity index (χ1n) is 8.85. The third-order valence-electron chi connectivity index (χ3n) is 4.63. The maximum absolute atomic E-state index is 12.4. The van der Waals surface area contributed by atoms with Gasteiger partial charge in [-0.3, -0.25) is 20.0 Å². The summed E-state index contributed by atoms with van der Waals surface area (Å²) in [5.41, 5.74) is 2.60. The Kier molecular flexibility index (Phi) is 5.48. The van der Waals surface area contributed by atoms with Crippen molar-refractivity contribution in [1.82, 2.24) is 14.9 Å². The molecule has 1 atom stereocenters. The lowest BCUT2D eigenvalue weighted by molar-refractivity contribution is 0.102. The zero-order valence-corrected chi connectivity index (χ0v) is 16.2. The highest BCUT2D eigenvalue weighted by molar-refractivity contribution is 7.14. The molecule has 0 spiro atoms. The molecule has 0 radical (unpaired) electrons. The van der Waals surface area contributed by atoms with Crippen molar-refractivity contribution in [2.75, 3.05) is 11.9 Å². The number of halogens is 1. The molecule has 3 aromatic rings. The normalized spacial score (nSPS) is 17.1. The van der Waals surface area contributed by atoms with E-state index in [-0.39, 0.29) is 11.9 Å². The summed E-state index contributed by atoms with van der Waals surface area (Å²) >= 11 is 7.41. The molecule has 7 heteroatoms. The molecule has 1 saturated heterocycles. The molecule has 0 unspecified atom stereocenters. The van der Waals surface area contributed by atoms with E-state index in [2.05, 4.69) is 20.2 Å². The van der Waals surface area contributed by atoms with Crippen LogP contribution in [0.2, 0.25) is 5.02 Å². The van der Waals surface area contributed by atoms with E-state index in [9.17, 15) is 4.79 Å². The summed E-state index contributed by atoms with van der Waals surface area (Å²) in [5, 5.41) is 6.06. The molecule has 1 aliphatic rings. The Morgan fingerprint density at radius 2 is 2.22 bits per heavy atom. The van der Waals surface area contributed by atoms with Gasteiger partial charge < -0.3 is 0 Å². The number of rotatable bonds is 5. The SMILES string of the molecule is O=C(Nc1nc([C@@H]2CCCN2Cc2ccccn2)cs1)c1cccc(Cl)c1. The number of nitrogens with one attached hydrogen (secondary N) is 1. The van der Waals surface area contributed by atoms with Gasteiger partial charge >= 0.3 is 0 Å². The van der Waals surface area contributed by atoms with E-state index in [1.807, 2.05) is 29.8 Å². The van der Waals surface area contributed by atoms with E-state index in [4.69, 9.17) is 11.6 Å². The van der Waals surface area contributed by atoms with Gasteiger partial charge in [0, 0.05) is 28.7 Å². The largest absolute Gasteiger partial charge is 0.298 e. The Hall–Kier alpha value is -2.28. The van der Waals surface area contributed by atoms with Crippen LogP contribution in [0.25, 0.3) is 0 Å². The summed E-state index contributed by atoms with van der Waals surface area (Å²) in [5.74, 6) is -0.199. The monoisotopic (exact) mass is 398 g/mol. The van der Waals surface area contributed by atoms with E-state index in [0.717, 1.165) is 37.3 Å². The molecule has 1 fully saturated rings. The molecule has 0 aliphatic carbocycles. The predicted octanol–water partition coefficient (Wildman–Crippen LogP) is 4.78. The van der Waals surface area contributed by atoms with Crippen molar-refractivity contribution < 1.29 is 4.79 Å². The summed E-state index contributed by atoms with van der Waals surface area (Å²) < 4.78 is 0. The van der Waals surface area contributed by atoms with Gasteiger partial charge in [0.2, 0.25) is 0 Å². The standard InChI is InChI=1S/C20H19ClN4OS/c21-15-6-3-5-14(11-15)19(26)24-20-23-17(13-27-20)18-8-4-10-25(18)12-16-7-1-2-9-22-16/h1-3,5-7,9,11,13,18H,4,8,10,12H2,(H,23,24,26)/t18-/m0/s1. The number of nitrogens with zero attached hydrogens (tertiary/aromatic N) is 3. The van der Waals surface area contributed by atoms with Crippen molar-refractivity contribution in [3.8, 4) is 0 Å². The molecule has 3 heterocycles. The molecule has 1 amide bonds. The second-order valence-electron chi connectivity index (χ2n) is 6.49. The number of likely N-dealkylation sites (tertiary alicyclic amines) is 1. The summed E-state index contributed by atoms with van der Waals surface area (Å²) in [4.78, 5) is 23.9. The first-order valence-corrected chi connectivity index (χ1v) is 10.1. The highest BCUT2D eigenvalue weighted by atomic mass is 35.5. The molecule has 2 aromatic heterocycles. The maximum atomic E-state index is 12.4. The summed E-state index contributed by atoms with van der Waals surface area (Å²) in [6.07, 6.45) is 4.03. The third kappa shape index (κ3) is 4.35. The number of pyridine rings is 1. The van der Waals surface area contributed by atoms with Crippen LogP contribution in [-0.4, -0.2) is 27.3 Å². The third-order valence-corrected chi connectivity index (χ3v) is 5.64. The maximum Gasteiger partial charge on any atom is 0.257 e. The fourth-order valence-electron chi connectivity index (χ4n) is 3.35. The van der Waals surface area contributed by atoms with Crippen molar-refractivity contribution in [2.45, 2.75) is 25.4 Å².